The minimum atomic E-state index is -2.98. The van der Waals surface area contributed by atoms with Gasteiger partial charge >= 0.3 is 0 Å². The van der Waals surface area contributed by atoms with Crippen LogP contribution in [-0.4, -0.2) is 26.5 Å². The first-order valence-corrected chi connectivity index (χ1v) is 7.74. The Kier molecular flexibility index (Phi) is 5.28. The zero-order valence-electron chi connectivity index (χ0n) is 10.1. The summed E-state index contributed by atoms with van der Waals surface area (Å²) in [5, 5.41) is 0.585. The highest BCUT2D eigenvalue weighted by atomic mass is 35.5. The molecule has 0 N–H and O–H groups in total. The Morgan fingerprint density at radius 2 is 2.00 bits per heavy atom. The first kappa shape index (κ1) is 14.3. The molecule has 1 rings (SSSR count). The van der Waals surface area contributed by atoms with Crippen molar-refractivity contribution in [3.63, 3.8) is 0 Å². The van der Waals surface area contributed by atoms with E-state index in [1.54, 1.807) is 12.1 Å². The van der Waals surface area contributed by atoms with Gasteiger partial charge in [0.1, 0.15) is 12.4 Å². The average Bonchev–Trinajstić information content (AvgIpc) is 2.23. The fourth-order valence-corrected chi connectivity index (χ4v) is 2.75. The van der Waals surface area contributed by atoms with Crippen LogP contribution in [0.4, 0.5) is 0 Å². The normalized spacial score (nSPS) is 11.5. The summed E-state index contributed by atoms with van der Waals surface area (Å²) in [5.74, 6) is 0.904. The minimum absolute atomic E-state index is 0.0484. The molecule has 0 fully saturated rings. The number of rotatable bonds is 6. The van der Waals surface area contributed by atoms with Crippen molar-refractivity contribution in [2.45, 2.75) is 20.3 Å². The zero-order chi connectivity index (χ0) is 12.9. The molecule has 1 aromatic carbocycles. The molecule has 0 amide bonds. The van der Waals surface area contributed by atoms with E-state index in [9.17, 15) is 8.42 Å². The molecule has 0 bridgehead atoms. The number of benzene rings is 1. The highest BCUT2D eigenvalue weighted by Gasteiger charge is 2.10. The Morgan fingerprint density at radius 1 is 1.29 bits per heavy atom. The van der Waals surface area contributed by atoms with E-state index in [4.69, 9.17) is 16.3 Å². The van der Waals surface area contributed by atoms with Crippen LogP contribution in [0.1, 0.15) is 18.9 Å². The van der Waals surface area contributed by atoms with Crippen molar-refractivity contribution in [1.29, 1.82) is 0 Å². The number of halogens is 1. The van der Waals surface area contributed by atoms with Crippen LogP contribution >= 0.6 is 11.6 Å². The van der Waals surface area contributed by atoms with Gasteiger partial charge in [0.25, 0.3) is 0 Å². The lowest BCUT2D eigenvalue weighted by Crippen LogP contribution is -2.16. The molecule has 0 saturated heterocycles. The number of hydrogen-bond donors (Lipinski definition) is 0. The Balaban J connectivity index is 2.54. The molecule has 0 saturated carbocycles. The smallest absolute Gasteiger partial charge is 0.153 e. The molecular weight excluding hydrogens is 260 g/mol. The van der Waals surface area contributed by atoms with Gasteiger partial charge in [0.05, 0.1) is 11.5 Å². The molecule has 0 aromatic heterocycles. The lowest BCUT2D eigenvalue weighted by Gasteiger charge is -2.09. The summed E-state index contributed by atoms with van der Waals surface area (Å²) in [6, 6.07) is 5.32. The maximum atomic E-state index is 11.5. The fourth-order valence-electron chi connectivity index (χ4n) is 1.42. The van der Waals surface area contributed by atoms with Crippen LogP contribution in [0.3, 0.4) is 0 Å². The van der Waals surface area contributed by atoms with Crippen molar-refractivity contribution < 1.29 is 13.2 Å². The third kappa shape index (κ3) is 4.96. The second kappa shape index (κ2) is 6.26. The number of ether oxygens (including phenoxy) is 1. The summed E-state index contributed by atoms with van der Waals surface area (Å²) in [7, 11) is -2.98. The van der Waals surface area contributed by atoms with Crippen LogP contribution in [0.15, 0.2) is 18.2 Å². The van der Waals surface area contributed by atoms with Gasteiger partial charge in [-0.2, -0.15) is 0 Å². The van der Waals surface area contributed by atoms with Gasteiger partial charge < -0.3 is 4.74 Å². The van der Waals surface area contributed by atoms with Crippen molar-refractivity contribution >= 4 is 21.4 Å². The number of aryl methyl sites for hydroxylation is 1. The van der Waals surface area contributed by atoms with E-state index in [0.717, 1.165) is 5.56 Å². The van der Waals surface area contributed by atoms with Crippen molar-refractivity contribution in [2.24, 2.45) is 0 Å². The molecule has 0 radical (unpaired) electrons. The van der Waals surface area contributed by atoms with Crippen LogP contribution in [0.25, 0.3) is 0 Å². The van der Waals surface area contributed by atoms with Gasteiger partial charge in [-0.3, -0.25) is 0 Å². The molecule has 17 heavy (non-hydrogen) atoms. The third-order valence-electron chi connectivity index (χ3n) is 2.32. The van der Waals surface area contributed by atoms with Crippen molar-refractivity contribution in [1.82, 2.24) is 0 Å². The minimum Gasteiger partial charge on any atom is -0.492 e. The van der Waals surface area contributed by atoms with Gasteiger partial charge in [-0.1, -0.05) is 24.6 Å². The van der Waals surface area contributed by atoms with Gasteiger partial charge in [0.2, 0.25) is 0 Å². The third-order valence-corrected chi connectivity index (χ3v) is 4.37. The van der Waals surface area contributed by atoms with Crippen molar-refractivity contribution in [3.8, 4) is 5.75 Å². The second-order valence-electron chi connectivity index (χ2n) is 3.91. The Labute approximate surface area is 108 Å². The van der Waals surface area contributed by atoms with Gasteiger partial charge in [0, 0.05) is 5.02 Å². The van der Waals surface area contributed by atoms with E-state index >= 15 is 0 Å². The van der Waals surface area contributed by atoms with E-state index in [0.29, 0.717) is 17.2 Å². The molecular formula is C12H17ClO3S. The maximum Gasteiger partial charge on any atom is 0.153 e. The number of sulfone groups is 1. The Morgan fingerprint density at radius 3 is 2.65 bits per heavy atom. The molecule has 0 unspecified atom stereocenters. The molecule has 3 nitrogen and oxygen atoms in total. The van der Waals surface area contributed by atoms with Gasteiger partial charge in [-0.15, -0.1) is 0 Å². The van der Waals surface area contributed by atoms with Gasteiger partial charge in [-0.25, -0.2) is 8.42 Å². The molecule has 1 aromatic rings. The van der Waals surface area contributed by atoms with Crippen LogP contribution in [0.5, 0.6) is 5.75 Å². The maximum absolute atomic E-state index is 11.5. The molecule has 0 aliphatic rings. The molecule has 96 valence electrons. The van der Waals surface area contributed by atoms with E-state index in [2.05, 4.69) is 0 Å². The lowest BCUT2D eigenvalue weighted by atomic mass is 10.2. The zero-order valence-corrected chi connectivity index (χ0v) is 11.6. The summed E-state index contributed by atoms with van der Waals surface area (Å²) >= 11 is 5.84. The van der Waals surface area contributed by atoms with E-state index in [-0.39, 0.29) is 18.1 Å². The van der Waals surface area contributed by atoms with Crippen LogP contribution < -0.4 is 4.74 Å². The highest BCUT2D eigenvalue weighted by Crippen LogP contribution is 2.22. The molecule has 0 aliphatic heterocycles. The van der Waals surface area contributed by atoms with Gasteiger partial charge in [0.15, 0.2) is 9.84 Å². The first-order chi connectivity index (χ1) is 7.94. The molecule has 0 heterocycles. The van der Waals surface area contributed by atoms with E-state index in [1.165, 1.54) is 0 Å². The van der Waals surface area contributed by atoms with Crippen molar-refractivity contribution in [3.05, 3.63) is 28.8 Å². The topological polar surface area (TPSA) is 43.4 Å². The largest absolute Gasteiger partial charge is 0.492 e. The molecule has 5 heteroatoms. The first-order valence-electron chi connectivity index (χ1n) is 5.54. The quantitative estimate of drug-likeness (QED) is 0.802. The Hall–Kier alpha value is -0.740. The highest BCUT2D eigenvalue weighted by molar-refractivity contribution is 7.91. The summed E-state index contributed by atoms with van der Waals surface area (Å²) < 4.78 is 28.4. The van der Waals surface area contributed by atoms with Crippen LogP contribution in [-0.2, 0) is 9.84 Å². The van der Waals surface area contributed by atoms with E-state index < -0.39 is 9.84 Å². The molecule has 0 spiro atoms. The SMILES string of the molecule is CCCS(=O)(=O)CCOc1cc(Cl)ccc1C. The lowest BCUT2D eigenvalue weighted by molar-refractivity contribution is 0.338. The number of hydrogen-bond acceptors (Lipinski definition) is 3. The van der Waals surface area contributed by atoms with Crippen LogP contribution in [0, 0.1) is 6.92 Å². The van der Waals surface area contributed by atoms with Crippen molar-refractivity contribution in [2.75, 3.05) is 18.1 Å². The predicted octanol–water partition coefficient (Wildman–Crippen LogP) is 2.85. The molecule has 0 aliphatic carbocycles. The average molecular weight is 277 g/mol. The fraction of sp³-hybridized carbons (Fsp3) is 0.500. The predicted molar refractivity (Wildman–Crippen MR) is 70.6 cm³/mol. The summed E-state index contributed by atoms with van der Waals surface area (Å²) in [6.45, 7) is 3.91. The second-order valence-corrected chi connectivity index (χ2v) is 6.65. The standard InChI is InChI=1S/C12H17ClO3S/c1-3-7-17(14,15)8-6-16-12-9-11(13)5-4-10(12)2/h4-5,9H,3,6-8H2,1-2H3. The monoisotopic (exact) mass is 276 g/mol. The van der Waals surface area contributed by atoms with Crippen LogP contribution in [0.2, 0.25) is 5.02 Å². The summed E-state index contributed by atoms with van der Waals surface area (Å²) in [5.41, 5.74) is 0.947. The van der Waals surface area contributed by atoms with Gasteiger partial charge in [-0.05, 0) is 31.0 Å². The van der Waals surface area contributed by atoms with E-state index in [1.807, 2.05) is 19.9 Å². The molecule has 0 atom stereocenters. The summed E-state index contributed by atoms with van der Waals surface area (Å²) in [4.78, 5) is 0. The Bertz CT molecular complexity index is 469. The summed E-state index contributed by atoms with van der Waals surface area (Å²) in [6.07, 6.45) is 0.637.